The smallest absolute Gasteiger partial charge is 0.224 e. The molecule has 1 saturated carbocycles. The molecule has 1 aliphatic rings. The first-order chi connectivity index (χ1) is 7.65. The number of rotatable bonds is 3. The quantitative estimate of drug-likeness (QED) is 0.766. The number of nitrogens with one attached hydrogen (secondary N) is 1. The highest BCUT2D eigenvalue weighted by molar-refractivity contribution is 5.91. The number of anilines is 2. The van der Waals surface area contributed by atoms with E-state index in [1.165, 1.54) is 19.3 Å². The summed E-state index contributed by atoms with van der Waals surface area (Å²) in [4.78, 5) is 11.7. The van der Waals surface area contributed by atoms with E-state index in [1.807, 2.05) is 25.1 Å². The van der Waals surface area contributed by atoms with Gasteiger partial charge in [0.15, 0.2) is 0 Å². The summed E-state index contributed by atoms with van der Waals surface area (Å²) < 4.78 is 0. The summed E-state index contributed by atoms with van der Waals surface area (Å²) in [5.74, 6) is 0.726. The van der Waals surface area contributed by atoms with Gasteiger partial charge in [-0.1, -0.05) is 6.42 Å². The number of nitrogen functional groups attached to an aromatic ring is 1. The Bertz CT molecular complexity index is 397. The van der Waals surface area contributed by atoms with Crippen molar-refractivity contribution in [3.05, 3.63) is 23.8 Å². The molecule has 0 heterocycles. The normalized spacial score (nSPS) is 15.6. The van der Waals surface area contributed by atoms with Gasteiger partial charge in [-0.15, -0.1) is 0 Å². The fourth-order valence-corrected chi connectivity index (χ4v) is 1.92. The summed E-state index contributed by atoms with van der Waals surface area (Å²) in [5, 5.41) is 2.91. The highest BCUT2D eigenvalue weighted by Crippen LogP contribution is 2.29. The largest absolute Gasteiger partial charge is 0.399 e. The average molecular weight is 218 g/mol. The molecule has 0 aromatic heterocycles. The minimum absolute atomic E-state index is 0.119. The molecule has 3 N–H and O–H groups in total. The van der Waals surface area contributed by atoms with Crippen LogP contribution in [0.2, 0.25) is 0 Å². The zero-order valence-electron chi connectivity index (χ0n) is 9.62. The number of amides is 1. The van der Waals surface area contributed by atoms with Gasteiger partial charge in [0.1, 0.15) is 0 Å². The van der Waals surface area contributed by atoms with Gasteiger partial charge in [-0.05, 0) is 49.4 Å². The van der Waals surface area contributed by atoms with E-state index in [9.17, 15) is 4.79 Å². The summed E-state index contributed by atoms with van der Waals surface area (Å²) in [6, 6.07) is 5.59. The highest BCUT2D eigenvalue weighted by Gasteiger charge is 2.20. The number of hydrogen-bond acceptors (Lipinski definition) is 2. The van der Waals surface area contributed by atoms with Crippen LogP contribution < -0.4 is 11.1 Å². The molecule has 2 rings (SSSR count). The first-order valence-electron chi connectivity index (χ1n) is 5.81. The Morgan fingerprint density at radius 3 is 2.81 bits per heavy atom. The highest BCUT2D eigenvalue weighted by atomic mass is 16.1. The van der Waals surface area contributed by atoms with E-state index in [0.29, 0.717) is 12.3 Å². The Morgan fingerprint density at radius 2 is 2.25 bits per heavy atom. The number of hydrogen-bond donors (Lipinski definition) is 2. The molecule has 0 aliphatic heterocycles. The Kier molecular flexibility index (Phi) is 3.13. The Hall–Kier alpha value is -1.51. The van der Waals surface area contributed by atoms with Crippen molar-refractivity contribution in [1.29, 1.82) is 0 Å². The lowest BCUT2D eigenvalue weighted by Gasteiger charge is -2.24. The van der Waals surface area contributed by atoms with Crippen LogP contribution >= 0.6 is 0 Å². The fraction of sp³-hybridized carbons (Fsp3) is 0.462. The first-order valence-corrected chi connectivity index (χ1v) is 5.81. The summed E-state index contributed by atoms with van der Waals surface area (Å²) in [5.41, 5.74) is 8.32. The van der Waals surface area contributed by atoms with E-state index in [4.69, 9.17) is 5.73 Å². The topological polar surface area (TPSA) is 55.1 Å². The average Bonchev–Trinajstić information content (AvgIpc) is 2.18. The third-order valence-corrected chi connectivity index (χ3v) is 3.25. The van der Waals surface area contributed by atoms with E-state index in [-0.39, 0.29) is 5.91 Å². The van der Waals surface area contributed by atoms with Crippen molar-refractivity contribution >= 4 is 17.3 Å². The van der Waals surface area contributed by atoms with Crippen LogP contribution in [0.3, 0.4) is 0 Å². The molecule has 0 unspecified atom stereocenters. The van der Waals surface area contributed by atoms with E-state index < -0.39 is 0 Å². The van der Waals surface area contributed by atoms with Gasteiger partial charge >= 0.3 is 0 Å². The summed E-state index contributed by atoms with van der Waals surface area (Å²) >= 11 is 0. The Balaban J connectivity index is 1.92. The van der Waals surface area contributed by atoms with E-state index in [2.05, 4.69) is 5.32 Å². The zero-order chi connectivity index (χ0) is 11.5. The van der Waals surface area contributed by atoms with Crippen LogP contribution in [-0.2, 0) is 4.79 Å². The molecule has 16 heavy (non-hydrogen) atoms. The predicted octanol–water partition coefficient (Wildman–Crippen LogP) is 2.71. The zero-order valence-corrected chi connectivity index (χ0v) is 9.62. The Labute approximate surface area is 96.0 Å². The third-order valence-electron chi connectivity index (χ3n) is 3.25. The van der Waals surface area contributed by atoms with E-state index >= 15 is 0 Å². The molecule has 1 fully saturated rings. The van der Waals surface area contributed by atoms with Gasteiger partial charge < -0.3 is 11.1 Å². The van der Waals surface area contributed by atoms with Crippen molar-refractivity contribution in [2.24, 2.45) is 5.92 Å². The van der Waals surface area contributed by atoms with Crippen LogP contribution in [0, 0.1) is 12.8 Å². The molecule has 3 heteroatoms. The summed E-state index contributed by atoms with van der Waals surface area (Å²) in [7, 11) is 0. The number of benzene rings is 1. The molecular weight excluding hydrogens is 200 g/mol. The number of carbonyl (C=O) groups is 1. The predicted molar refractivity (Wildman–Crippen MR) is 66.2 cm³/mol. The minimum Gasteiger partial charge on any atom is -0.399 e. The molecule has 3 nitrogen and oxygen atoms in total. The van der Waals surface area contributed by atoms with Crippen LogP contribution in [0.25, 0.3) is 0 Å². The molecule has 1 aliphatic carbocycles. The summed E-state index contributed by atoms with van der Waals surface area (Å²) in [6.45, 7) is 1.94. The molecule has 1 amide bonds. The summed E-state index contributed by atoms with van der Waals surface area (Å²) in [6.07, 6.45) is 4.34. The number of nitrogens with two attached hydrogens (primary N) is 1. The van der Waals surface area contributed by atoms with E-state index in [1.54, 1.807) is 0 Å². The second-order valence-corrected chi connectivity index (χ2v) is 4.62. The lowest BCUT2D eigenvalue weighted by Crippen LogP contribution is -2.20. The number of aryl methyl sites for hydroxylation is 1. The molecule has 0 spiro atoms. The maximum atomic E-state index is 11.7. The molecule has 86 valence electrons. The molecule has 0 atom stereocenters. The van der Waals surface area contributed by atoms with E-state index in [0.717, 1.165) is 16.9 Å². The monoisotopic (exact) mass is 218 g/mol. The first kappa shape index (κ1) is 11.0. The molecule has 0 bridgehead atoms. The van der Waals surface area contributed by atoms with Gasteiger partial charge in [-0.3, -0.25) is 4.79 Å². The van der Waals surface area contributed by atoms with Crippen molar-refractivity contribution in [2.75, 3.05) is 11.1 Å². The van der Waals surface area contributed by atoms with Crippen LogP contribution in [0.5, 0.6) is 0 Å². The fourth-order valence-electron chi connectivity index (χ4n) is 1.92. The maximum Gasteiger partial charge on any atom is 0.224 e. The van der Waals surface area contributed by atoms with Crippen LogP contribution in [-0.4, -0.2) is 5.91 Å². The lowest BCUT2D eigenvalue weighted by molar-refractivity contribution is -0.117. The van der Waals surface area contributed by atoms with Gasteiger partial charge in [0, 0.05) is 17.8 Å². The van der Waals surface area contributed by atoms with Crippen LogP contribution in [0.1, 0.15) is 31.2 Å². The molecule has 1 aromatic carbocycles. The Morgan fingerprint density at radius 1 is 1.50 bits per heavy atom. The third kappa shape index (κ3) is 2.54. The van der Waals surface area contributed by atoms with Crippen molar-refractivity contribution in [2.45, 2.75) is 32.6 Å². The van der Waals surface area contributed by atoms with Crippen molar-refractivity contribution in [1.82, 2.24) is 0 Å². The minimum atomic E-state index is 0.119. The van der Waals surface area contributed by atoms with Gasteiger partial charge in [0.25, 0.3) is 0 Å². The van der Waals surface area contributed by atoms with Gasteiger partial charge in [-0.25, -0.2) is 0 Å². The van der Waals surface area contributed by atoms with Gasteiger partial charge in [0.05, 0.1) is 0 Å². The van der Waals surface area contributed by atoms with Crippen molar-refractivity contribution in [3.63, 3.8) is 0 Å². The molecule has 0 radical (unpaired) electrons. The molecule has 0 saturated heterocycles. The maximum absolute atomic E-state index is 11.7. The second kappa shape index (κ2) is 4.56. The SMILES string of the molecule is Cc1cc(NC(=O)CC2CCC2)ccc1N. The van der Waals surface area contributed by atoms with Crippen molar-refractivity contribution < 1.29 is 4.79 Å². The van der Waals surface area contributed by atoms with Gasteiger partial charge in [-0.2, -0.15) is 0 Å². The standard InChI is InChI=1S/C13H18N2O/c1-9-7-11(5-6-12(9)14)15-13(16)8-10-3-2-4-10/h5-7,10H,2-4,8,14H2,1H3,(H,15,16). The van der Waals surface area contributed by atoms with Gasteiger partial charge in [0.2, 0.25) is 5.91 Å². The lowest BCUT2D eigenvalue weighted by atomic mass is 9.83. The number of carbonyl (C=O) groups excluding carboxylic acids is 1. The molecule has 1 aromatic rings. The van der Waals surface area contributed by atoms with Crippen LogP contribution in [0.4, 0.5) is 11.4 Å². The molecular formula is C13H18N2O. The van der Waals surface area contributed by atoms with Crippen LogP contribution in [0.15, 0.2) is 18.2 Å². The second-order valence-electron chi connectivity index (χ2n) is 4.62. The van der Waals surface area contributed by atoms with Crippen molar-refractivity contribution in [3.8, 4) is 0 Å².